The van der Waals surface area contributed by atoms with Gasteiger partial charge in [0.15, 0.2) is 5.78 Å². The van der Waals surface area contributed by atoms with Gasteiger partial charge in [-0.3, -0.25) is 9.69 Å². The van der Waals surface area contributed by atoms with E-state index in [0.29, 0.717) is 47.2 Å². The van der Waals surface area contributed by atoms with Crippen molar-refractivity contribution >= 4 is 45.7 Å². The summed E-state index contributed by atoms with van der Waals surface area (Å²) < 4.78 is 7.19. The molecule has 1 heterocycles. The average molecular weight is 664 g/mol. The lowest BCUT2D eigenvalue weighted by atomic mass is 9.68. The molecule has 1 aliphatic carbocycles. The van der Waals surface area contributed by atoms with E-state index in [4.69, 9.17) is 22.1 Å². The Morgan fingerprint density at radius 2 is 1.77 bits per heavy atom. The Hall–Kier alpha value is -3.28. The second-order valence-electron chi connectivity index (χ2n) is 11.3. The van der Waals surface area contributed by atoms with Crippen LogP contribution in [0.4, 0.5) is 5.69 Å². The van der Waals surface area contributed by atoms with Crippen molar-refractivity contribution in [2.45, 2.75) is 53.1 Å². The summed E-state index contributed by atoms with van der Waals surface area (Å²) in [6.45, 7) is 8.62. The highest BCUT2D eigenvalue weighted by Gasteiger charge is 2.45. The zero-order valence-corrected chi connectivity index (χ0v) is 25.9. The van der Waals surface area contributed by atoms with Crippen molar-refractivity contribution in [3.8, 4) is 11.8 Å². The van der Waals surface area contributed by atoms with E-state index in [2.05, 4.69) is 54.6 Å². The fraction of sp³-hybridized carbons (Fsp3) is 0.273. The Morgan fingerprint density at radius 3 is 2.42 bits per heavy atom. The van der Waals surface area contributed by atoms with Crippen LogP contribution in [-0.4, -0.2) is 5.78 Å². The number of anilines is 1. The van der Waals surface area contributed by atoms with Gasteiger partial charge in [0.2, 0.25) is 0 Å². The molecule has 2 N–H and O–H groups in total. The van der Waals surface area contributed by atoms with Crippen molar-refractivity contribution in [2.24, 2.45) is 11.1 Å². The summed E-state index contributed by atoms with van der Waals surface area (Å²) in [6.07, 6.45) is 1.09. The Bertz CT molecular complexity index is 1600. The van der Waals surface area contributed by atoms with E-state index in [1.54, 1.807) is 12.1 Å². The molecular formula is C33H31ClIN3O2. The second-order valence-corrected chi connectivity index (χ2v) is 13.0. The van der Waals surface area contributed by atoms with Crippen molar-refractivity contribution in [3.05, 3.63) is 114 Å². The van der Waals surface area contributed by atoms with E-state index < -0.39 is 5.92 Å². The number of nitrogens with zero attached hydrogens (tertiary/aromatic N) is 2. The van der Waals surface area contributed by atoms with Gasteiger partial charge < -0.3 is 10.5 Å². The number of hydrogen-bond donors (Lipinski definition) is 1. The highest BCUT2D eigenvalue weighted by Crippen LogP contribution is 2.51. The van der Waals surface area contributed by atoms with Crippen molar-refractivity contribution in [2.75, 3.05) is 4.90 Å². The maximum Gasteiger partial charge on any atom is 0.162 e. The first-order chi connectivity index (χ1) is 19.0. The van der Waals surface area contributed by atoms with Crippen LogP contribution >= 0.6 is 34.2 Å². The van der Waals surface area contributed by atoms with Crippen molar-refractivity contribution in [1.82, 2.24) is 0 Å². The van der Waals surface area contributed by atoms with Gasteiger partial charge in [0.1, 0.15) is 18.2 Å². The molecule has 204 valence electrons. The molecule has 5 rings (SSSR count). The van der Waals surface area contributed by atoms with Crippen LogP contribution in [0.2, 0.25) is 5.02 Å². The fourth-order valence-corrected chi connectivity index (χ4v) is 6.30. The smallest absolute Gasteiger partial charge is 0.162 e. The van der Waals surface area contributed by atoms with Crippen LogP contribution in [0.1, 0.15) is 54.9 Å². The molecule has 0 fully saturated rings. The number of halogens is 2. The van der Waals surface area contributed by atoms with Gasteiger partial charge in [-0.2, -0.15) is 5.26 Å². The molecule has 40 heavy (non-hydrogen) atoms. The van der Waals surface area contributed by atoms with E-state index in [-0.39, 0.29) is 11.2 Å². The van der Waals surface area contributed by atoms with Gasteiger partial charge in [0.25, 0.3) is 0 Å². The summed E-state index contributed by atoms with van der Waals surface area (Å²) in [5, 5.41) is 11.1. The zero-order valence-electron chi connectivity index (χ0n) is 23.0. The van der Waals surface area contributed by atoms with Gasteiger partial charge in [-0.15, -0.1) is 0 Å². The summed E-state index contributed by atoms with van der Waals surface area (Å²) in [5.74, 6) is 0.608. The first-order valence-corrected chi connectivity index (χ1v) is 14.6. The third-order valence-electron chi connectivity index (χ3n) is 7.68. The summed E-state index contributed by atoms with van der Waals surface area (Å²) >= 11 is 8.30. The number of ketones is 1. The zero-order chi connectivity index (χ0) is 28.8. The number of nitriles is 1. The molecule has 0 saturated carbocycles. The lowest BCUT2D eigenvalue weighted by molar-refractivity contribution is -0.118. The number of Topliss-reactive ketones (excluding diaryl/α,β-unsaturated/α-hetero) is 1. The number of hydrogen-bond acceptors (Lipinski definition) is 5. The first-order valence-electron chi connectivity index (χ1n) is 13.2. The Balaban J connectivity index is 1.66. The molecule has 5 nitrogen and oxygen atoms in total. The third-order valence-corrected chi connectivity index (χ3v) is 8.66. The number of aryl methyl sites for hydroxylation is 1. The molecule has 0 amide bonds. The van der Waals surface area contributed by atoms with Gasteiger partial charge in [-0.05, 0) is 113 Å². The van der Waals surface area contributed by atoms with Gasteiger partial charge in [-0.25, -0.2) is 0 Å². The minimum Gasteiger partial charge on any atom is -0.489 e. The van der Waals surface area contributed by atoms with Crippen molar-refractivity contribution in [1.29, 1.82) is 5.26 Å². The van der Waals surface area contributed by atoms with E-state index in [1.807, 2.05) is 55.1 Å². The van der Waals surface area contributed by atoms with Crippen LogP contribution in [0.25, 0.3) is 0 Å². The molecule has 2 aliphatic rings. The fourth-order valence-electron chi connectivity index (χ4n) is 5.81. The quantitative estimate of drug-likeness (QED) is 0.279. The van der Waals surface area contributed by atoms with E-state index in [0.717, 1.165) is 37.2 Å². The summed E-state index contributed by atoms with van der Waals surface area (Å²) in [7, 11) is 0. The Kier molecular flexibility index (Phi) is 7.73. The van der Waals surface area contributed by atoms with E-state index >= 15 is 0 Å². The number of allylic oxidation sites excluding steroid dienone is 3. The second kappa shape index (κ2) is 10.9. The molecule has 1 unspecified atom stereocenters. The Morgan fingerprint density at radius 1 is 1.10 bits per heavy atom. The number of nitrogens with two attached hydrogens (primary N) is 1. The van der Waals surface area contributed by atoms with Gasteiger partial charge in [0.05, 0.1) is 17.6 Å². The molecule has 1 aliphatic heterocycles. The number of ether oxygens (including phenoxy) is 1. The molecule has 1 atom stereocenters. The molecule has 0 bridgehead atoms. The predicted molar refractivity (Wildman–Crippen MR) is 168 cm³/mol. The van der Waals surface area contributed by atoms with Crippen LogP contribution in [0.5, 0.6) is 5.75 Å². The lowest BCUT2D eigenvalue weighted by Gasteiger charge is -2.44. The minimum atomic E-state index is -0.544. The molecular weight excluding hydrogens is 633 g/mol. The molecule has 7 heteroatoms. The SMILES string of the molecule is Cc1cc(COc2ccc(Cl)cc2)c(C)c(C2C(C#N)=C(N)N(c3ccc(I)cc3)C3=C2C(=O)CC(C)(C)C3)c1. The standard InChI is InChI=1S/C33H31ClIN3O2/c1-19-13-21(18-40-25-11-5-22(34)6-12-25)20(2)26(14-19)30-27(17-36)32(37)38(24-9-7-23(35)8-10-24)28-15-33(3,4)16-29(39)31(28)30/h5-14,30H,15-16,18,37H2,1-4H3. The van der Waals surface area contributed by atoms with Crippen LogP contribution in [0.3, 0.4) is 0 Å². The number of rotatable bonds is 5. The lowest BCUT2D eigenvalue weighted by Crippen LogP contribution is -2.42. The molecule has 0 saturated heterocycles. The summed E-state index contributed by atoms with van der Waals surface area (Å²) in [6, 6.07) is 21.8. The third kappa shape index (κ3) is 5.37. The van der Waals surface area contributed by atoms with Gasteiger partial charge in [-0.1, -0.05) is 43.1 Å². The predicted octanol–water partition coefficient (Wildman–Crippen LogP) is 8.08. The largest absolute Gasteiger partial charge is 0.489 e. The number of carbonyl (C=O) groups is 1. The number of carbonyl (C=O) groups excluding carboxylic acids is 1. The molecule has 0 spiro atoms. The van der Waals surface area contributed by atoms with Crippen molar-refractivity contribution in [3.63, 3.8) is 0 Å². The monoisotopic (exact) mass is 663 g/mol. The summed E-state index contributed by atoms with van der Waals surface area (Å²) in [5.41, 5.74) is 13.3. The van der Waals surface area contributed by atoms with Crippen LogP contribution in [0.15, 0.2) is 83.3 Å². The normalized spacial score (nSPS) is 18.5. The van der Waals surface area contributed by atoms with Crippen LogP contribution in [0, 0.1) is 34.2 Å². The molecule has 3 aromatic carbocycles. The highest BCUT2D eigenvalue weighted by atomic mass is 127. The molecule has 0 aromatic heterocycles. The topological polar surface area (TPSA) is 79.3 Å². The van der Waals surface area contributed by atoms with Gasteiger partial charge in [0, 0.05) is 32.0 Å². The van der Waals surface area contributed by atoms with Crippen LogP contribution < -0.4 is 15.4 Å². The maximum absolute atomic E-state index is 14.0. The maximum atomic E-state index is 14.0. The van der Waals surface area contributed by atoms with Gasteiger partial charge >= 0.3 is 0 Å². The van der Waals surface area contributed by atoms with E-state index in [1.165, 1.54) is 0 Å². The first kappa shape index (κ1) is 28.3. The van der Waals surface area contributed by atoms with Crippen LogP contribution in [-0.2, 0) is 11.4 Å². The highest BCUT2D eigenvalue weighted by molar-refractivity contribution is 14.1. The number of benzene rings is 3. The van der Waals surface area contributed by atoms with E-state index in [9.17, 15) is 10.1 Å². The summed E-state index contributed by atoms with van der Waals surface area (Å²) in [4.78, 5) is 15.9. The Labute approximate surface area is 254 Å². The molecule has 0 radical (unpaired) electrons. The molecule has 3 aromatic rings. The average Bonchev–Trinajstić information content (AvgIpc) is 2.89. The van der Waals surface area contributed by atoms with Crippen molar-refractivity contribution < 1.29 is 9.53 Å². The minimum absolute atomic E-state index is 0.0619.